The number of nitrogens with zero attached hydrogens (tertiary/aromatic N) is 3. The van der Waals surface area contributed by atoms with Crippen molar-refractivity contribution in [3.63, 3.8) is 0 Å². The zero-order chi connectivity index (χ0) is 15.7. The third-order valence-corrected chi connectivity index (χ3v) is 3.53. The summed E-state index contributed by atoms with van der Waals surface area (Å²) >= 11 is 0. The third-order valence-electron chi connectivity index (χ3n) is 3.53. The van der Waals surface area contributed by atoms with Crippen LogP contribution in [0.5, 0.6) is 0 Å². The van der Waals surface area contributed by atoms with Crippen molar-refractivity contribution in [2.24, 2.45) is 4.99 Å². The number of aromatic nitrogens is 2. The van der Waals surface area contributed by atoms with E-state index >= 15 is 0 Å². The quantitative estimate of drug-likeness (QED) is 0.893. The Hall–Kier alpha value is -2.43. The molecule has 1 aromatic heterocycles. The number of para-hydroxylation sites is 1. The number of guanidine groups is 1. The van der Waals surface area contributed by atoms with E-state index in [0.29, 0.717) is 11.9 Å². The average molecular weight is 295 g/mol. The van der Waals surface area contributed by atoms with E-state index in [4.69, 9.17) is 0 Å². The summed E-state index contributed by atoms with van der Waals surface area (Å²) in [4.78, 5) is 13.8. The first kappa shape index (κ1) is 14.5. The van der Waals surface area contributed by atoms with Gasteiger partial charge in [0.05, 0.1) is 16.7 Å². The highest BCUT2D eigenvalue weighted by Gasteiger charge is 2.20. The molecule has 1 aliphatic heterocycles. The first-order valence-corrected chi connectivity index (χ1v) is 7.56. The molecule has 0 unspecified atom stereocenters. The smallest absolute Gasteiger partial charge is 0.230 e. The van der Waals surface area contributed by atoms with Crippen LogP contribution in [0, 0.1) is 0 Å². The standard InChI is InChI=1S/C17H21N5/c1-5-13-12-8-6-7-9-14(12)20-15(19-13)21-16-18-11(2)10-17(3,4)22-16/h6-10H,5H2,1-4H3,(H2,18,19,20,21,22). The molecule has 1 aliphatic rings. The van der Waals surface area contributed by atoms with E-state index in [9.17, 15) is 0 Å². The zero-order valence-electron chi connectivity index (χ0n) is 13.4. The molecule has 2 aromatic rings. The second kappa shape index (κ2) is 5.40. The Morgan fingerprint density at radius 1 is 1.18 bits per heavy atom. The molecule has 2 heterocycles. The minimum atomic E-state index is -0.234. The summed E-state index contributed by atoms with van der Waals surface area (Å²) in [6.45, 7) is 8.26. The van der Waals surface area contributed by atoms with Gasteiger partial charge in [-0.15, -0.1) is 0 Å². The average Bonchev–Trinajstić information content (AvgIpc) is 2.44. The van der Waals surface area contributed by atoms with Crippen LogP contribution >= 0.6 is 0 Å². The fourth-order valence-corrected chi connectivity index (χ4v) is 2.73. The molecule has 5 nitrogen and oxygen atoms in total. The minimum Gasteiger partial charge on any atom is -0.330 e. The van der Waals surface area contributed by atoms with E-state index < -0.39 is 0 Å². The molecule has 5 heteroatoms. The van der Waals surface area contributed by atoms with Crippen LogP contribution in [0.15, 0.2) is 41.0 Å². The van der Waals surface area contributed by atoms with Gasteiger partial charge in [0.2, 0.25) is 11.9 Å². The number of hydrogen-bond donors (Lipinski definition) is 2. The van der Waals surface area contributed by atoms with E-state index in [1.165, 1.54) is 0 Å². The van der Waals surface area contributed by atoms with E-state index in [1.54, 1.807) is 0 Å². The molecule has 0 spiro atoms. The summed E-state index contributed by atoms with van der Waals surface area (Å²) in [5.41, 5.74) is 2.82. The van der Waals surface area contributed by atoms with Gasteiger partial charge in [-0.05, 0) is 39.3 Å². The van der Waals surface area contributed by atoms with Crippen molar-refractivity contribution < 1.29 is 0 Å². The number of fused-ring (bicyclic) bond motifs is 1. The number of allylic oxidation sites excluding steroid dienone is 1. The second-order valence-electron chi connectivity index (χ2n) is 6.06. The Morgan fingerprint density at radius 2 is 1.95 bits per heavy atom. The lowest BCUT2D eigenvalue weighted by atomic mass is 10.0. The van der Waals surface area contributed by atoms with E-state index in [1.807, 2.05) is 25.1 Å². The van der Waals surface area contributed by atoms with Gasteiger partial charge in [-0.25, -0.2) is 15.0 Å². The summed E-state index contributed by atoms with van der Waals surface area (Å²) in [6.07, 6.45) is 2.96. The van der Waals surface area contributed by atoms with Crippen LogP contribution in [0.25, 0.3) is 10.9 Å². The van der Waals surface area contributed by atoms with Crippen LogP contribution < -0.4 is 10.6 Å². The van der Waals surface area contributed by atoms with E-state index in [-0.39, 0.29) is 5.54 Å². The van der Waals surface area contributed by atoms with E-state index in [2.05, 4.69) is 58.5 Å². The normalized spacial score (nSPS) is 16.7. The van der Waals surface area contributed by atoms with Crippen molar-refractivity contribution in [2.45, 2.75) is 39.7 Å². The molecule has 22 heavy (non-hydrogen) atoms. The minimum absolute atomic E-state index is 0.234. The summed E-state index contributed by atoms with van der Waals surface area (Å²) < 4.78 is 0. The fourth-order valence-electron chi connectivity index (χ4n) is 2.73. The highest BCUT2D eigenvalue weighted by atomic mass is 15.3. The molecule has 0 aliphatic carbocycles. The van der Waals surface area contributed by atoms with Gasteiger partial charge in [-0.1, -0.05) is 25.1 Å². The first-order valence-electron chi connectivity index (χ1n) is 7.56. The third kappa shape index (κ3) is 2.93. The lowest BCUT2D eigenvalue weighted by Crippen LogP contribution is -2.38. The maximum atomic E-state index is 4.63. The van der Waals surface area contributed by atoms with Crippen LogP contribution in [0.3, 0.4) is 0 Å². The monoisotopic (exact) mass is 295 g/mol. The number of benzene rings is 1. The van der Waals surface area contributed by atoms with Crippen molar-refractivity contribution >= 4 is 22.8 Å². The van der Waals surface area contributed by atoms with Crippen LogP contribution in [0.2, 0.25) is 0 Å². The summed E-state index contributed by atoms with van der Waals surface area (Å²) in [5, 5.41) is 7.54. The number of rotatable bonds is 2. The Kier molecular flexibility index (Phi) is 3.56. The molecule has 114 valence electrons. The van der Waals surface area contributed by atoms with Crippen LogP contribution in [-0.2, 0) is 6.42 Å². The lowest BCUT2D eigenvalue weighted by molar-refractivity contribution is 0.631. The van der Waals surface area contributed by atoms with Gasteiger partial charge in [0.1, 0.15) is 0 Å². The first-order chi connectivity index (χ1) is 10.5. The summed E-state index contributed by atoms with van der Waals surface area (Å²) in [5.74, 6) is 1.26. The van der Waals surface area contributed by atoms with Gasteiger partial charge < -0.3 is 5.32 Å². The van der Waals surface area contributed by atoms with Crippen LogP contribution in [0.1, 0.15) is 33.4 Å². The molecular weight excluding hydrogens is 274 g/mol. The molecule has 0 amide bonds. The molecule has 0 fully saturated rings. The Balaban J connectivity index is 1.96. The number of aryl methyl sites for hydroxylation is 1. The van der Waals surface area contributed by atoms with Gasteiger partial charge in [-0.3, -0.25) is 5.32 Å². The largest absolute Gasteiger partial charge is 0.330 e. The van der Waals surface area contributed by atoms with E-state index in [0.717, 1.165) is 28.7 Å². The number of aliphatic imine (C=N–C) groups is 1. The van der Waals surface area contributed by atoms with Crippen molar-refractivity contribution in [1.29, 1.82) is 0 Å². The summed E-state index contributed by atoms with van der Waals surface area (Å²) in [6, 6.07) is 8.07. The SMILES string of the molecule is CCc1nc(NC2=NC(C)(C)C=C(C)N2)nc2ccccc12. The van der Waals surface area contributed by atoms with Gasteiger partial charge in [0, 0.05) is 11.1 Å². The molecule has 0 saturated heterocycles. The topological polar surface area (TPSA) is 62.2 Å². The second-order valence-corrected chi connectivity index (χ2v) is 6.06. The highest BCUT2D eigenvalue weighted by molar-refractivity contribution is 5.95. The molecule has 0 radical (unpaired) electrons. The van der Waals surface area contributed by atoms with Crippen molar-refractivity contribution in [3.05, 3.63) is 41.7 Å². The van der Waals surface area contributed by atoms with Gasteiger partial charge in [-0.2, -0.15) is 0 Å². The molecule has 0 saturated carbocycles. The number of nitrogens with one attached hydrogen (secondary N) is 2. The predicted octanol–water partition coefficient (Wildman–Crippen LogP) is 3.25. The van der Waals surface area contributed by atoms with Crippen molar-refractivity contribution in [2.75, 3.05) is 5.32 Å². The Morgan fingerprint density at radius 3 is 2.68 bits per heavy atom. The number of anilines is 1. The maximum absolute atomic E-state index is 4.63. The molecule has 3 rings (SSSR count). The molecule has 0 atom stereocenters. The molecule has 1 aromatic carbocycles. The van der Waals surface area contributed by atoms with Crippen molar-refractivity contribution in [3.8, 4) is 0 Å². The van der Waals surface area contributed by atoms with Crippen molar-refractivity contribution in [1.82, 2.24) is 15.3 Å². The van der Waals surface area contributed by atoms with Gasteiger partial charge in [0.15, 0.2) is 0 Å². The zero-order valence-corrected chi connectivity index (χ0v) is 13.4. The maximum Gasteiger partial charge on any atom is 0.230 e. The van der Waals surface area contributed by atoms with Crippen LogP contribution in [-0.4, -0.2) is 21.5 Å². The predicted molar refractivity (Wildman–Crippen MR) is 90.9 cm³/mol. The summed E-state index contributed by atoms with van der Waals surface area (Å²) in [7, 11) is 0. The Bertz CT molecular complexity index is 774. The van der Waals surface area contributed by atoms with Crippen LogP contribution in [0.4, 0.5) is 5.95 Å². The Labute approximate surface area is 130 Å². The highest BCUT2D eigenvalue weighted by Crippen LogP contribution is 2.20. The molecule has 2 N–H and O–H groups in total. The fraction of sp³-hybridized carbons (Fsp3) is 0.353. The van der Waals surface area contributed by atoms with Gasteiger partial charge >= 0.3 is 0 Å². The number of hydrogen-bond acceptors (Lipinski definition) is 5. The van der Waals surface area contributed by atoms with Gasteiger partial charge in [0.25, 0.3) is 0 Å². The lowest BCUT2D eigenvalue weighted by Gasteiger charge is -2.25. The molecule has 0 bridgehead atoms. The molecular formula is C17H21N5.